The minimum Gasteiger partial charge on any atom is -0.393 e. The molecule has 0 aromatic heterocycles. The molecule has 1 N–H and O–H groups in total. The molecule has 82 valence electrons. The minimum atomic E-state index is -0.395. The summed E-state index contributed by atoms with van der Waals surface area (Å²) in [6.45, 7) is 0. The summed E-state index contributed by atoms with van der Waals surface area (Å²) in [5.74, 6) is 0.442. The number of aliphatic hydroxyl groups excluding tert-OH is 1. The zero-order valence-corrected chi connectivity index (χ0v) is 10.0. The van der Waals surface area contributed by atoms with Crippen LogP contribution in [-0.2, 0) is 6.42 Å². The molecule has 3 heteroatoms. The Balaban J connectivity index is 1.96. The highest BCUT2D eigenvalue weighted by Gasteiger charge is 2.24. The third-order valence-electron chi connectivity index (χ3n) is 2.77. The maximum atomic E-state index is 13.4. The van der Waals surface area contributed by atoms with Crippen molar-refractivity contribution in [1.82, 2.24) is 0 Å². The van der Waals surface area contributed by atoms with Crippen LogP contribution in [0.15, 0.2) is 22.7 Å². The molecule has 0 bridgehead atoms. The van der Waals surface area contributed by atoms with E-state index in [-0.39, 0.29) is 5.82 Å². The van der Waals surface area contributed by atoms with Gasteiger partial charge in [0.25, 0.3) is 0 Å². The first-order valence-corrected chi connectivity index (χ1v) is 6.06. The molecule has 1 saturated carbocycles. The molecule has 0 spiro atoms. The predicted molar refractivity (Wildman–Crippen MR) is 61.2 cm³/mol. The van der Waals surface area contributed by atoms with Crippen molar-refractivity contribution < 1.29 is 9.50 Å². The topological polar surface area (TPSA) is 20.2 Å². The SMILES string of the molecule is OC(Cc1ccc(Br)cc1F)CC1CC1. The van der Waals surface area contributed by atoms with E-state index in [0.29, 0.717) is 17.9 Å². The van der Waals surface area contributed by atoms with E-state index >= 15 is 0 Å². The van der Waals surface area contributed by atoms with Crippen LogP contribution in [0.1, 0.15) is 24.8 Å². The fourth-order valence-corrected chi connectivity index (χ4v) is 2.10. The van der Waals surface area contributed by atoms with E-state index in [1.807, 2.05) is 6.07 Å². The van der Waals surface area contributed by atoms with E-state index in [2.05, 4.69) is 15.9 Å². The van der Waals surface area contributed by atoms with Gasteiger partial charge in [0.2, 0.25) is 0 Å². The lowest BCUT2D eigenvalue weighted by Crippen LogP contribution is -2.12. The molecule has 1 aromatic rings. The molecule has 15 heavy (non-hydrogen) atoms. The molecule has 2 rings (SSSR count). The van der Waals surface area contributed by atoms with Crippen molar-refractivity contribution in [3.63, 3.8) is 0 Å². The van der Waals surface area contributed by atoms with E-state index in [1.54, 1.807) is 6.07 Å². The van der Waals surface area contributed by atoms with E-state index < -0.39 is 6.10 Å². The van der Waals surface area contributed by atoms with Crippen LogP contribution in [0.25, 0.3) is 0 Å². The fraction of sp³-hybridized carbons (Fsp3) is 0.500. The zero-order chi connectivity index (χ0) is 10.8. The number of hydrogen-bond donors (Lipinski definition) is 1. The minimum absolute atomic E-state index is 0.237. The molecular formula is C12H14BrFO. The second-order valence-corrected chi connectivity index (χ2v) is 5.19. The van der Waals surface area contributed by atoms with E-state index in [4.69, 9.17) is 0 Å². The largest absolute Gasteiger partial charge is 0.393 e. The maximum absolute atomic E-state index is 13.4. The van der Waals surface area contributed by atoms with Crippen molar-refractivity contribution >= 4 is 15.9 Å². The third-order valence-corrected chi connectivity index (χ3v) is 3.27. The number of aliphatic hydroxyl groups is 1. The summed E-state index contributed by atoms with van der Waals surface area (Å²) in [6.07, 6.45) is 3.29. The lowest BCUT2D eigenvalue weighted by Gasteiger charge is -2.10. The Morgan fingerprint density at radius 3 is 2.80 bits per heavy atom. The highest BCUT2D eigenvalue weighted by Crippen LogP contribution is 2.34. The molecular weight excluding hydrogens is 259 g/mol. The molecule has 1 unspecified atom stereocenters. The van der Waals surface area contributed by atoms with Gasteiger partial charge in [-0.15, -0.1) is 0 Å². The van der Waals surface area contributed by atoms with Gasteiger partial charge in [0.05, 0.1) is 6.10 Å². The van der Waals surface area contributed by atoms with Crippen molar-refractivity contribution in [3.05, 3.63) is 34.1 Å². The highest BCUT2D eigenvalue weighted by atomic mass is 79.9. The molecule has 0 aliphatic heterocycles. The van der Waals surface area contributed by atoms with Gasteiger partial charge in [-0.3, -0.25) is 0 Å². The smallest absolute Gasteiger partial charge is 0.127 e. The van der Waals surface area contributed by atoms with Gasteiger partial charge < -0.3 is 5.11 Å². The molecule has 0 heterocycles. The first-order chi connectivity index (χ1) is 7.15. The summed E-state index contributed by atoms with van der Waals surface area (Å²) in [6, 6.07) is 4.98. The van der Waals surface area contributed by atoms with Crippen LogP contribution in [-0.4, -0.2) is 11.2 Å². The Kier molecular flexibility index (Phi) is 3.42. The summed E-state index contributed by atoms with van der Waals surface area (Å²) in [5.41, 5.74) is 0.603. The monoisotopic (exact) mass is 272 g/mol. The first kappa shape index (κ1) is 11.1. The van der Waals surface area contributed by atoms with Gasteiger partial charge in [-0.2, -0.15) is 0 Å². The maximum Gasteiger partial charge on any atom is 0.127 e. The summed E-state index contributed by atoms with van der Waals surface area (Å²) in [5, 5.41) is 9.73. The van der Waals surface area contributed by atoms with E-state index in [9.17, 15) is 9.50 Å². The van der Waals surface area contributed by atoms with Crippen LogP contribution < -0.4 is 0 Å². The Labute approximate surface area is 97.4 Å². The Bertz CT molecular complexity index is 349. The van der Waals surface area contributed by atoms with Gasteiger partial charge in [0, 0.05) is 10.9 Å². The molecule has 1 nitrogen and oxygen atoms in total. The number of hydrogen-bond acceptors (Lipinski definition) is 1. The predicted octanol–water partition coefficient (Wildman–Crippen LogP) is 3.29. The molecule has 0 saturated heterocycles. The lowest BCUT2D eigenvalue weighted by molar-refractivity contribution is 0.157. The van der Waals surface area contributed by atoms with Crippen LogP contribution in [0.5, 0.6) is 0 Å². The number of rotatable bonds is 4. The first-order valence-electron chi connectivity index (χ1n) is 5.27. The Morgan fingerprint density at radius 1 is 1.47 bits per heavy atom. The third kappa shape index (κ3) is 3.28. The molecule has 1 fully saturated rings. The van der Waals surface area contributed by atoms with Crippen LogP contribution in [0.3, 0.4) is 0 Å². The molecule has 1 aliphatic carbocycles. The van der Waals surface area contributed by atoms with Crippen LogP contribution in [0.2, 0.25) is 0 Å². The van der Waals surface area contributed by atoms with Gasteiger partial charge in [-0.25, -0.2) is 4.39 Å². The van der Waals surface area contributed by atoms with Crippen LogP contribution >= 0.6 is 15.9 Å². The standard InChI is InChI=1S/C12H14BrFO/c13-10-4-3-9(12(14)7-10)6-11(15)5-8-1-2-8/h3-4,7-8,11,15H,1-2,5-6H2. The lowest BCUT2D eigenvalue weighted by atomic mass is 10.0. The number of benzene rings is 1. The summed E-state index contributed by atoms with van der Waals surface area (Å²) >= 11 is 3.21. The number of halogens is 2. The van der Waals surface area contributed by atoms with Crippen molar-refractivity contribution in [3.8, 4) is 0 Å². The average molecular weight is 273 g/mol. The molecule has 1 aromatic carbocycles. The summed E-state index contributed by atoms with van der Waals surface area (Å²) < 4.78 is 14.2. The van der Waals surface area contributed by atoms with Crippen LogP contribution in [0.4, 0.5) is 4.39 Å². The highest BCUT2D eigenvalue weighted by molar-refractivity contribution is 9.10. The van der Waals surface area contributed by atoms with Gasteiger partial charge in [0.15, 0.2) is 0 Å². The summed E-state index contributed by atoms with van der Waals surface area (Å²) in [7, 11) is 0. The molecule has 1 atom stereocenters. The van der Waals surface area contributed by atoms with Crippen molar-refractivity contribution in [1.29, 1.82) is 0 Å². The van der Waals surface area contributed by atoms with Gasteiger partial charge in [0.1, 0.15) is 5.82 Å². The van der Waals surface area contributed by atoms with Gasteiger partial charge >= 0.3 is 0 Å². The van der Waals surface area contributed by atoms with E-state index in [0.717, 1.165) is 10.9 Å². The normalized spacial score (nSPS) is 17.8. The summed E-state index contributed by atoms with van der Waals surface area (Å²) in [4.78, 5) is 0. The Morgan fingerprint density at radius 2 is 2.20 bits per heavy atom. The molecule has 0 amide bonds. The average Bonchev–Trinajstić information content (AvgIpc) is 2.94. The molecule has 1 aliphatic rings. The Hall–Kier alpha value is -0.410. The van der Waals surface area contributed by atoms with Crippen molar-refractivity contribution in [2.75, 3.05) is 0 Å². The van der Waals surface area contributed by atoms with Crippen molar-refractivity contribution in [2.45, 2.75) is 31.8 Å². The second-order valence-electron chi connectivity index (χ2n) is 4.27. The van der Waals surface area contributed by atoms with E-state index in [1.165, 1.54) is 18.9 Å². The van der Waals surface area contributed by atoms with Gasteiger partial charge in [-0.05, 0) is 30.0 Å². The van der Waals surface area contributed by atoms with Gasteiger partial charge in [-0.1, -0.05) is 34.8 Å². The van der Waals surface area contributed by atoms with Crippen LogP contribution in [0, 0.1) is 11.7 Å². The molecule has 0 radical (unpaired) electrons. The zero-order valence-electron chi connectivity index (χ0n) is 8.42. The quantitative estimate of drug-likeness (QED) is 0.892. The fourth-order valence-electron chi connectivity index (χ4n) is 1.76. The van der Waals surface area contributed by atoms with Crippen molar-refractivity contribution in [2.24, 2.45) is 5.92 Å². The second kappa shape index (κ2) is 4.62.